The van der Waals surface area contributed by atoms with Crippen molar-refractivity contribution < 1.29 is 0 Å². The summed E-state index contributed by atoms with van der Waals surface area (Å²) in [4.78, 5) is 10.0. The van der Waals surface area contributed by atoms with E-state index in [2.05, 4.69) is 38.1 Å². The highest BCUT2D eigenvalue weighted by Gasteiger charge is 2.12. The number of rotatable bonds is 3. The van der Waals surface area contributed by atoms with E-state index in [4.69, 9.17) is 0 Å². The quantitative estimate of drug-likeness (QED) is 0.927. The number of thiazole rings is 1. The van der Waals surface area contributed by atoms with Crippen LogP contribution in [0.4, 0.5) is 5.82 Å². The fraction of sp³-hybridized carbons (Fsp3) is 0.333. The van der Waals surface area contributed by atoms with Gasteiger partial charge < -0.3 is 5.32 Å². The summed E-state index contributed by atoms with van der Waals surface area (Å²) in [5, 5.41) is 4.48. The first-order valence-electron chi connectivity index (χ1n) is 5.38. The lowest BCUT2D eigenvalue weighted by atomic mass is 10.2. The minimum Gasteiger partial charge on any atom is -0.363 e. The number of hydrogen-bond donors (Lipinski definition) is 1. The third-order valence-corrected chi connectivity index (χ3v) is 4.15. The molecule has 0 aliphatic heterocycles. The van der Waals surface area contributed by atoms with Gasteiger partial charge in [-0.25, -0.2) is 9.97 Å². The summed E-state index contributed by atoms with van der Waals surface area (Å²) in [6.45, 7) is 6.21. The second kappa shape index (κ2) is 5.14. The largest absolute Gasteiger partial charge is 0.363 e. The summed E-state index contributed by atoms with van der Waals surface area (Å²) in [6, 6.07) is 4.17. The highest BCUT2D eigenvalue weighted by atomic mass is 79.9. The first kappa shape index (κ1) is 12.5. The van der Waals surface area contributed by atoms with Gasteiger partial charge in [0, 0.05) is 15.5 Å². The number of anilines is 1. The second-order valence-electron chi connectivity index (χ2n) is 3.91. The van der Waals surface area contributed by atoms with Crippen LogP contribution < -0.4 is 5.32 Å². The third kappa shape index (κ3) is 3.04. The number of hydrogen-bond acceptors (Lipinski definition) is 4. The van der Waals surface area contributed by atoms with Crippen molar-refractivity contribution in [3.05, 3.63) is 38.4 Å². The molecule has 2 aromatic rings. The lowest BCUT2D eigenvalue weighted by Crippen LogP contribution is -2.07. The number of nitrogens with one attached hydrogen (secondary N) is 1. The number of nitrogens with zero attached hydrogens (tertiary/aromatic N) is 2. The molecule has 0 amide bonds. The van der Waals surface area contributed by atoms with Gasteiger partial charge in [-0.05, 0) is 48.8 Å². The van der Waals surface area contributed by atoms with E-state index >= 15 is 0 Å². The molecule has 0 bridgehead atoms. The summed E-state index contributed by atoms with van der Waals surface area (Å²) in [5.74, 6) is 0.881. The number of aromatic nitrogens is 2. The Hall–Kier alpha value is -0.940. The van der Waals surface area contributed by atoms with E-state index in [9.17, 15) is 0 Å². The molecular formula is C12H14BrN3S. The third-order valence-electron chi connectivity index (χ3n) is 2.42. The number of halogens is 1. The molecule has 2 heterocycles. The van der Waals surface area contributed by atoms with Gasteiger partial charge in [-0.2, -0.15) is 0 Å². The van der Waals surface area contributed by atoms with Crippen LogP contribution >= 0.6 is 27.3 Å². The van der Waals surface area contributed by atoms with Crippen LogP contribution in [-0.4, -0.2) is 9.97 Å². The molecule has 0 spiro atoms. The van der Waals surface area contributed by atoms with Crippen LogP contribution in [0.3, 0.4) is 0 Å². The summed E-state index contributed by atoms with van der Waals surface area (Å²) in [6.07, 6.45) is 1.79. The molecule has 0 fully saturated rings. The molecule has 0 saturated heterocycles. The Morgan fingerprint density at radius 2 is 2.12 bits per heavy atom. The van der Waals surface area contributed by atoms with Gasteiger partial charge in [-0.1, -0.05) is 0 Å². The number of pyridine rings is 1. The average Bonchev–Trinajstić information content (AvgIpc) is 2.61. The Bertz CT molecular complexity index is 507. The van der Waals surface area contributed by atoms with Crippen molar-refractivity contribution in [3.8, 4) is 0 Å². The summed E-state index contributed by atoms with van der Waals surface area (Å²) in [5.41, 5.74) is 1.10. The maximum Gasteiger partial charge on any atom is 0.126 e. The lowest BCUT2D eigenvalue weighted by Gasteiger charge is -2.13. The van der Waals surface area contributed by atoms with Crippen LogP contribution in [0.2, 0.25) is 0 Å². The van der Waals surface area contributed by atoms with Crippen molar-refractivity contribution in [2.45, 2.75) is 26.8 Å². The van der Waals surface area contributed by atoms with Crippen LogP contribution in [-0.2, 0) is 0 Å². The molecule has 0 saturated carbocycles. The fourth-order valence-corrected chi connectivity index (χ4v) is 2.86. The zero-order valence-corrected chi connectivity index (χ0v) is 12.4. The molecule has 90 valence electrons. The molecule has 0 radical (unpaired) electrons. The van der Waals surface area contributed by atoms with Crippen LogP contribution in [0.25, 0.3) is 0 Å². The highest BCUT2D eigenvalue weighted by molar-refractivity contribution is 9.10. The molecule has 0 aliphatic carbocycles. The van der Waals surface area contributed by atoms with Crippen LogP contribution in [0, 0.1) is 13.8 Å². The van der Waals surface area contributed by atoms with Crippen molar-refractivity contribution in [2.24, 2.45) is 0 Å². The van der Waals surface area contributed by atoms with Crippen LogP contribution in [0.15, 0.2) is 22.8 Å². The average molecular weight is 312 g/mol. The van der Waals surface area contributed by atoms with E-state index in [1.165, 1.54) is 4.88 Å². The lowest BCUT2D eigenvalue weighted by molar-refractivity contribution is 0.879. The molecule has 5 heteroatoms. The Labute approximate surface area is 113 Å². The fourth-order valence-electron chi connectivity index (χ4n) is 1.70. The zero-order chi connectivity index (χ0) is 12.4. The van der Waals surface area contributed by atoms with Crippen molar-refractivity contribution in [1.29, 1.82) is 0 Å². The van der Waals surface area contributed by atoms with E-state index in [-0.39, 0.29) is 6.04 Å². The predicted octanol–water partition coefficient (Wildman–Crippen LogP) is 4.09. The maximum atomic E-state index is 4.44. The van der Waals surface area contributed by atoms with Gasteiger partial charge in [-0.3, -0.25) is 0 Å². The van der Waals surface area contributed by atoms with E-state index in [1.54, 1.807) is 17.5 Å². The van der Waals surface area contributed by atoms with Gasteiger partial charge >= 0.3 is 0 Å². The van der Waals surface area contributed by atoms with E-state index in [0.29, 0.717) is 0 Å². The second-order valence-corrected chi connectivity index (χ2v) is 6.06. The van der Waals surface area contributed by atoms with Crippen molar-refractivity contribution in [2.75, 3.05) is 5.32 Å². The first-order valence-corrected chi connectivity index (χ1v) is 6.99. The van der Waals surface area contributed by atoms with Gasteiger partial charge in [0.2, 0.25) is 0 Å². The Morgan fingerprint density at radius 3 is 2.65 bits per heavy atom. The van der Waals surface area contributed by atoms with Gasteiger partial charge in [0.1, 0.15) is 5.82 Å². The molecule has 1 unspecified atom stereocenters. The monoisotopic (exact) mass is 311 g/mol. The van der Waals surface area contributed by atoms with Gasteiger partial charge in [0.25, 0.3) is 0 Å². The molecule has 3 nitrogen and oxygen atoms in total. The highest BCUT2D eigenvalue weighted by Crippen LogP contribution is 2.27. The van der Waals surface area contributed by atoms with Gasteiger partial charge in [0.05, 0.1) is 16.7 Å². The SMILES string of the molecule is Cc1nc(C)c(C(C)Nc2ccc(Br)cn2)s1. The van der Waals surface area contributed by atoms with Crippen molar-refractivity contribution in [3.63, 3.8) is 0 Å². The molecule has 1 atom stereocenters. The summed E-state index contributed by atoms with van der Waals surface area (Å²) in [7, 11) is 0. The topological polar surface area (TPSA) is 37.8 Å². The Morgan fingerprint density at radius 1 is 1.35 bits per heavy atom. The van der Waals surface area contributed by atoms with E-state index in [1.807, 2.05) is 26.0 Å². The predicted molar refractivity (Wildman–Crippen MR) is 75.6 cm³/mol. The van der Waals surface area contributed by atoms with Crippen LogP contribution in [0.1, 0.15) is 28.5 Å². The first-order chi connectivity index (χ1) is 8.06. The summed E-state index contributed by atoms with van der Waals surface area (Å²) >= 11 is 5.11. The molecule has 1 N–H and O–H groups in total. The normalized spacial score (nSPS) is 12.5. The zero-order valence-electron chi connectivity index (χ0n) is 9.99. The van der Waals surface area contributed by atoms with Crippen molar-refractivity contribution in [1.82, 2.24) is 9.97 Å². The van der Waals surface area contributed by atoms with E-state index in [0.717, 1.165) is 21.0 Å². The maximum absolute atomic E-state index is 4.44. The molecule has 0 aliphatic rings. The number of aryl methyl sites for hydroxylation is 2. The summed E-state index contributed by atoms with van der Waals surface area (Å²) < 4.78 is 0.987. The standard InChI is InChI=1S/C12H14BrN3S/c1-7-12(17-9(3)15-7)8(2)16-11-5-4-10(13)6-14-11/h4-6,8H,1-3H3,(H,14,16). The molecular weight excluding hydrogens is 298 g/mol. The van der Waals surface area contributed by atoms with Gasteiger partial charge in [0.15, 0.2) is 0 Å². The van der Waals surface area contributed by atoms with Gasteiger partial charge in [-0.15, -0.1) is 11.3 Å². The Balaban J connectivity index is 2.14. The molecule has 0 aromatic carbocycles. The molecule has 2 rings (SSSR count). The van der Waals surface area contributed by atoms with Crippen LogP contribution in [0.5, 0.6) is 0 Å². The van der Waals surface area contributed by atoms with Crippen molar-refractivity contribution >= 4 is 33.1 Å². The minimum absolute atomic E-state index is 0.231. The molecule has 17 heavy (non-hydrogen) atoms. The smallest absolute Gasteiger partial charge is 0.126 e. The minimum atomic E-state index is 0.231. The molecule has 2 aromatic heterocycles. The Kier molecular flexibility index (Phi) is 3.79. The van der Waals surface area contributed by atoms with E-state index < -0.39 is 0 Å².